The summed E-state index contributed by atoms with van der Waals surface area (Å²) in [6, 6.07) is 5.66. The van der Waals surface area contributed by atoms with Crippen LogP contribution >= 0.6 is 7.14 Å². The Labute approximate surface area is 178 Å². The van der Waals surface area contributed by atoms with E-state index in [-0.39, 0.29) is 0 Å². The maximum Gasteiger partial charge on any atom is 0.416 e. The fourth-order valence-electron chi connectivity index (χ4n) is 4.01. The van der Waals surface area contributed by atoms with Gasteiger partial charge in [-0.05, 0) is 62.8 Å². The van der Waals surface area contributed by atoms with E-state index in [9.17, 15) is 17.7 Å². The second-order valence-electron chi connectivity index (χ2n) is 8.34. The topological polar surface area (TPSA) is 67.8 Å². The van der Waals surface area contributed by atoms with Crippen molar-refractivity contribution in [1.29, 1.82) is 0 Å². The summed E-state index contributed by atoms with van der Waals surface area (Å²) in [7, 11) is -2.60. The third kappa shape index (κ3) is 4.45. The monoisotopic (exact) mass is 448 g/mol. The molecular formula is C22H24F3N4OP. The largest absolute Gasteiger partial charge is 0.416 e. The van der Waals surface area contributed by atoms with Gasteiger partial charge in [0, 0.05) is 11.8 Å². The molecule has 0 spiro atoms. The first-order valence-electron chi connectivity index (χ1n) is 10.2. The van der Waals surface area contributed by atoms with Crippen molar-refractivity contribution in [3.63, 3.8) is 0 Å². The highest BCUT2D eigenvalue weighted by Gasteiger charge is 2.34. The molecule has 3 heterocycles. The molecule has 1 atom stereocenters. The van der Waals surface area contributed by atoms with Crippen LogP contribution in [-0.2, 0) is 23.6 Å². The van der Waals surface area contributed by atoms with Gasteiger partial charge in [-0.3, -0.25) is 4.98 Å². The van der Waals surface area contributed by atoms with Crippen LogP contribution in [0.2, 0.25) is 0 Å². The number of aryl methyl sites for hydroxylation is 1. The minimum Gasteiger partial charge on any atom is -0.363 e. The SMILES string of the molecule is C[C@H]1Nc2nc(nc3cnc(P(C)(C)=O)cc23)CCCCc2c1cccc2C(F)(F)F. The molecule has 0 saturated heterocycles. The van der Waals surface area contributed by atoms with E-state index in [4.69, 9.17) is 0 Å². The number of halogens is 3. The molecule has 1 aromatic carbocycles. The molecule has 9 heteroatoms. The van der Waals surface area contributed by atoms with Crippen LogP contribution < -0.4 is 10.8 Å². The first-order chi connectivity index (χ1) is 14.5. The third-order valence-electron chi connectivity index (χ3n) is 5.58. The molecule has 5 nitrogen and oxygen atoms in total. The van der Waals surface area contributed by atoms with Gasteiger partial charge in [-0.2, -0.15) is 13.2 Å². The number of hydrogen-bond donors (Lipinski definition) is 1. The number of anilines is 1. The van der Waals surface area contributed by atoms with Gasteiger partial charge in [0.25, 0.3) is 0 Å². The Morgan fingerprint density at radius 3 is 2.58 bits per heavy atom. The van der Waals surface area contributed by atoms with E-state index in [1.165, 1.54) is 6.07 Å². The van der Waals surface area contributed by atoms with Crippen LogP contribution in [0.3, 0.4) is 0 Å². The van der Waals surface area contributed by atoms with Crippen LogP contribution in [0, 0.1) is 0 Å². The molecule has 1 aliphatic rings. The van der Waals surface area contributed by atoms with Gasteiger partial charge < -0.3 is 9.88 Å². The van der Waals surface area contributed by atoms with Crippen molar-refractivity contribution >= 4 is 29.3 Å². The Morgan fingerprint density at radius 2 is 1.87 bits per heavy atom. The molecule has 0 unspecified atom stereocenters. The molecule has 1 aliphatic heterocycles. The predicted octanol–water partition coefficient (Wildman–Crippen LogP) is 5.34. The van der Waals surface area contributed by atoms with Gasteiger partial charge in [0.2, 0.25) is 0 Å². The van der Waals surface area contributed by atoms with Gasteiger partial charge in [-0.1, -0.05) is 12.1 Å². The quantitative estimate of drug-likeness (QED) is 0.509. The van der Waals surface area contributed by atoms with Gasteiger partial charge in [-0.15, -0.1) is 0 Å². The van der Waals surface area contributed by atoms with Crippen molar-refractivity contribution in [1.82, 2.24) is 15.0 Å². The van der Waals surface area contributed by atoms with E-state index in [1.807, 2.05) is 6.92 Å². The van der Waals surface area contributed by atoms with E-state index in [2.05, 4.69) is 20.3 Å². The lowest BCUT2D eigenvalue weighted by Crippen LogP contribution is -2.16. The van der Waals surface area contributed by atoms with Crippen LogP contribution in [0.1, 0.15) is 48.3 Å². The molecule has 2 bridgehead atoms. The summed E-state index contributed by atoms with van der Waals surface area (Å²) < 4.78 is 53.6. The van der Waals surface area contributed by atoms with Crippen molar-refractivity contribution in [2.45, 2.75) is 44.8 Å². The molecule has 3 aromatic rings. The zero-order valence-electron chi connectivity index (χ0n) is 17.6. The summed E-state index contributed by atoms with van der Waals surface area (Å²) >= 11 is 0. The maximum atomic E-state index is 13.7. The number of rotatable bonds is 1. The molecule has 4 rings (SSSR count). The van der Waals surface area contributed by atoms with E-state index >= 15 is 0 Å². The Bertz CT molecular complexity index is 1190. The second kappa shape index (κ2) is 7.90. The van der Waals surface area contributed by atoms with E-state index in [0.29, 0.717) is 64.8 Å². The molecule has 164 valence electrons. The lowest BCUT2D eigenvalue weighted by molar-refractivity contribution is -0.138. The lowest BCUT2D eigenvalue weighted by atomic mass is 9.92. The average Bonchev–Trinajstić information content (AvgIpc) is 2.71. The van der Waals surface area contributed by atoms with Gasteiger partial charge in [0.05, 0.1) is 23.3 Å². The smallest absolute Gasteiger partial charge is 0.363 e. The zero-order valence-corrected chi connectivity index (χ0v) is 18.5. The van der Waals surface area contributed by atoms with Crippen LogP contribution in [0.15, 0.2) is 30.5 Å². The first-order valence-corrected chi connectivity index (χ1v) is 12.8. The minimum absolute atomic E-state index is 0.330. The van der Waals surface area contributed by atoms with Crippen LogP contribution in [0.4, 0.5) is 19.0 Å². The number of alkyl halides is 3. The highest BCUT2D eigenvalue weighted by molar-refractivity contribution is 7.69. The van der Waals surface area contributed by atoms with Gasteiger partial charge in [-0.25, -0.2) is 9.97 Å². The Hall–Kier alpha value is -2.47. The number of pyridine rings is 1. The molecule has 1 N–H and O–H groups in total. The molecular weight excluding hydrogens is 424 g/mol. The zero-order chi connectivity index (χ0) is 22.4. The Balaban J connectivity index is 1.87. The number of nitrogens with zero attached hydrogens (tertiary/aromatic N) is 3. The first kappa shape index (κ1) is 21.8. The maximum absolute atomic E-state index is 13.7. The highest BCUT2D eigenvalue weighted by atomic mass is 31.2. The van der Waals surface area contributed by atoms with Gasteiger partial charge >= 0.3 is 6.18 Å². The Kier molecular flexibility index (Phi) is 5.54. The number of hydrogen-bond acceptors (Lipinski definition) is 5. The molecule has 0 radical (unpaired) electrons. The summed E-state index contributed by atoms with van der Waals surface area (Å²) in [5.74, 6) is 1.14. The van der Waals surface area contributed by atoms with E-state index in [0.717, 1.165) is 6.07 Å². The van der Waals surface area contributed by atoms with Crippen LogP contribution in [-0.4, -0.2) is 28.3 Å². The normalized spacial score (nSPS) is 17.5. The van der Waals surface area contributed by atoms with Crippen molar-refractivity contribution in [2.75, 3.05) is 18.6 Å². The fourth-order valence-corrected chi connectivity index (χ4v) is 4.78. The molecule has 31 heavy (non-hydrogen) atoms. The minimum atomic E-state index is -4.40. The van der Waals surface area contributed by atoms with Crippen LogP contribution in [0.25, 0.3) is 10.9 Å². The molecule has 0 aliphatic carbocycles. The van der Waals surface area contributed by atoms with Crippen LogP contribution in [0.5, 0.6) is 0 Å². The summed E-state index contributed by atoms with van der Waals surface area (Å²) in [6.07, 6.45) is -0.622. The second-order valence-corrected chi connectivity index (χ2v) is 11.5. The van der Waals surface area contributed by atoms with Crippen molar-refractivity contribution < 1.29 is 17.7 Å². The summed E-state index contributed by atoms with van der Waals surface area (Å²) in [5.41, 5.74) is 1.45. The van der Waals surface area contributed by atoms with Gasteiger partial charge in [0.15, 0.2) is 0 Å². The average molecular weight is 448 g/mol. The number of aromatic nitrogens is 3. The number of benzene rings is 1. The molecule has 2 aromatic heterocycles. The molecule has 0 amide bonds. The van der Waals surface area contributed by atoms with E-state index in [1.54, 1.807) is 31.7 Å². The lowest BCUT2D eigenvalue weighted by Gasteiger charge is -2.22. The van der Waals surface area contributed by atoms with E-state index < -0.39 is 24.9 Å². The summed E-state index contributed by atoms with van der Waals surface area (Å²) in [4.78, 5) is 13.6. The number of nitrogens with one attached hydrogen (secondary N) is 1. The summed E-state index contributed by atoms with van der Waals surface area (Å²) in [6.45, 7) is 5.12. The standard InChI is InChI=1S/C22H24F3N4OP/c1-13-14-8-6-9-17(22(23,24)25)15(14)7-4-5-10-19-28-18-12-26-20(31(2,3)30)11-16(18)21(27-13)29-19/h6,8-9,11-13H,4-5,7,10H2,1-3H3,(H,27,28,29)/t13-/m1/s1. The summed E-state index contributed by atoms with van der Waals surface area (Å²) in [5, 5.41) is 3.96. The third-order valence-corrected chi connectivity index (χ3v) is 6.93. The fraction of sp³-hybridized carbons (Fsp3) is 0.409. The predicted molar refractivity (Wildman–Crippen MR) is 117 cm³/mol. The van der Waals surface area contributed by atoms with Crippen molar-refractivity contribution in [2.24, 2.45) is 0 Å². The molecule has 0 fully saturated rings. The molecule has 0 saturated carbocycles. The van der Waals surface area contributed by atoms with Gasteiger partial charge in [0.1, 0.15) is 24.2 Å². The highest BCUT2D eigenvalue weighted by Crippen LogP contribution is 2.38. The van der Waals surface area contributed by atoms with Crippen molar-refractivity contribution in [3.8, 4) is 0 Å². The number of fused-ring (bicyclic) bond motifs is 5. The van der Waals surface area contributed by atoms with Crippen molar-refractivity contribution in [3.05, 3.63) is 53.0 Å². The Morgan fingerprint density at radius 1 is 1.13 bits per heavy atom.